The highest BCUT2D eigenvalue weighted by Gasteiger charge is 2.50. The minimum absolute atomic E-state index is 0.0258. The zero-order valence-corrected chi connectivity index (χ0v) is 18.4. The van der Waals surface area contributed by atoms with Crippen molar-refractivity contribution in [2.75, 3.05) is 26.7 Å². The molecule has 1 saturated heterocycles. The third-order valence-corrected chi connectivity index (χ3v) is 7.37. The number of H-pyrrole nitrogens is 1. The summed E-state index contributed by atoms with van der Waals surface area (Å²) in [6.07, 6.45) is 3.83. The lowest BCUT2D eigenvalue weighted by Crippen LogP contribution is -2.65. The Hall–Kier alpha value is -2.92. The van der Waals surface area contributed by atoms with Gasteiger partial charge in [-0.15, -0.1) is 0 Å². The molecule has 6 rings (SSSR count). The van der Waals surface area contributed by atoms with Crippen LogP contribution in [0.4, 0.5) is 0 Å². The number of pyridine rings is 1. The molecule has 31 heavy (non-hydrogen) atoms. The van der Waals surface area contributed by atoms with E-state index >= 15 is 0 Å². The van der Waals surface area contributed by atoms with Gasteiger partial charge in [-0.1, -0.05) is 38.1 Å². The van der Waals surface area contributed by atoms with E-state index in [1.54, 1.807) is 0 Å². The maximum absolute atomic E-state index is 12.9. The molecule has 1 aliphatic carbocycles. The number of nitrogens with one attached hydrogen (secondary N) is 2. The molecule has 5 nitrogen and oxygen atoms in total. The van der Waals surface area contributed by atoms with Crippen molar-refractivity contribution >= 4 is 5.91 Å². The van der Waals surface area contributed by atoms with Crippen molar-refractivity contribution < 1.29 is 4.79 Å². The summed E-state index contributed by atoms with van der Waals surface area (Å²) in [6.45, 7) is 7.11. The van der Waals surface area contributed by atoms with Crippen molar-refractivity contribution in [3.05, 3.63) is 64.5 Å². The van der Waals surface area contributed by atoms with Crippen molar-refractivity contribution in [3.63, 3.8) is 0 Å². The number of nitrogens with zero attached hydrogens (tertiary/aromatic N) is 2. The molecule has 158 valence electrons. The van der Waals surface area contributed by atoms with Crippen molar-refractivity contribution in [2.24, 2.45) is 0 Å². The molecule has 0 atom stereocenters. The number of aromatic amines is 1. The van der Waals surface area contributed by atoms with Gasteiger partial charge < -0.3 is 15.2 Å². The van der Waals surface area contributed by atoms with Crippen molar-refractivity contribution in [1.29, 1.82) is 0 Å². The van der Waals surface area contributed by atoms with Crippen LogP contribution in [0.3, 0.4) is 0 Å². The first-order valence-electron chi connectivity index (χ1n) is 11.3. The van der Waals surface area contributed by atoms with Gasteiger partial charge in [-0.25, -0.2) is 0 Å². The fourth-order valence-electron chi connectivity index (χ4n) is 5.72. The Kier molecular flexibility index (Phi) is 3.97. The van der Waals surface area contributed by atoms with Crippen molar-refractivity contribution in [1.82, 2.24) is 20.2 Å². The topological polar surface area (TPSA) is 61.0 Å². The number of carbonyl (C=O) groups excluding carboxylic acids is 1. The first kappa shape index (κ1) is 18.8. The van der Waals surface area contributed by atoms with Gasteiger partial charge >= 0.3 is 0 Å². The van der Waals surface area contributed by atoms with Crippen LogP contribution in [0.15, 0.2) is 36.5 Å². The third-order valence-electron chi connectivity index (χ3n) is 7.37. The second kappa shape index (κ2) is 6.54. The molecule has 1 fully saturated rings. The highest BCUT2D eigenvalue weighted by Crippen LogP contribution is 2.44. The van der Waals surface area contributed by atoms with Gasteiger partial charge in [0.15, 0.2) is 0 Å². The van der Waals surface area contributed by atoms with E-state index in [1.807, 2.05) is 6.20 Å². The lowest BCUT2D eigenvalue weighted by atomic mass is 9.73. The van der Waals surface area contributed by atoms with Crippen LogP contribution in [0.25, 0.3) is 22.5 Å². The molecule has 0 unspecified atom stereocenters. The largest absolute Gasteiger partial charge is 0.357 e. The van der Waals surface area contributed by atoms with Crippen molar-refractivity contribution in [3.8, 4) is 22.5 Å². The number of carbonyl (C=O) groups is 1. The number of benzene rings is 1. The Bertz CT molecular complexity index is 1200. The van der Waals surface area contributed by atoms with Crippen LogP contribution in [-0.4, -0.2) is 47.5 Å². The Morgan fingerprint density at radius 2 is 1.90 bits per heavy atom. The monoisotopic (exact) mass is 412 g/mol. The van der Waals surface area contributed by atoms with Crippen LogP contribution in [-0.2, 0) is 18.3 Å². The summed E-state index contributed by atoms with van der Waals surface area (Å²) in [6, 6.07) is 10.9. The lowest BCUT2D eigenvalue weighted by Gasteiger charge is -2.50. The first-order chi connectivity index (χ1) is 14.9. The molecule has 3 aliphatic rings. The van der Waals surface area contributed by atoms with Crippen LogP contribution in [0.2, 0.25) is 0 Å². The summed E-state index contributed by atoms with van der Waals surface area (Å²) >= 11 is 0. The number of aromatic nitrogens is 2. The lowest BCUT2D eigenvalue weighted by molar-refractivity contribution is 0.0688. The Labute approximate surface area is 182 Å². The fraction of sp³-hybridized carbons (Fsp3) is 0.385. The molecule has 4 heterocycles. The maximum Gasteiger partial charge on any atom is 0.253 e. The van der Waals surface area contributed by atoms with Gasteiger partial charge in [0.25, 0.3) is 5.91 Å². The summed E-state index contributed by atoms with van der Waals surface area (Å²) in [4.78, 5) is 23.7. The Morgan fingerprint density at radius 1 is 1.13 bits per heavy atom. The molecular formula is C26H28N4O. The molecule has 3 aromatic rings. The molecule has 2 aliphatic heterocycles. The minimum atomic E-state index is 0.0258. The van der Waals surface area contributed by atoms with Gasteiger partial charge in [0.1, 0.15) is 0 Å². The smallest absolute Gasteiger partial charge is 0.253 e. The number of likely N-dealkylation sites (N-methyl/N-ethyl adjacent to an activating group) is 1. The minimum Gasteiger partial charge on any atom is -0.357 e. The normalized spacial score (nSPS) is 18.9. The zero-order chi connectivity index (χ0) is 21.3. The quantitative estimate of drug-likeness (QED) is 0.671. The molecule has 0 bridgehead atoms. The summed E-state index contributed by atoms with van der Waals surface area (Å²) in [5, 5.41) is 3.17. The van der Waals surface area contributed by atoms with E-state index in [0.717, 1.165) is 60.7 Å². The average molecular weight is 413 g/mol. The number of amides is 1. The standard InChI is InChI=1S/C26H28N4O/c1-15(2)16-4-6-17(7-5-16)21-10-20-18(11-27-21)8-9-19-22-24(29-23(19)20)26(12-28-25(22)31)13-30(3)14-26/h4-7,10-11,15,29H,8-9,12-14H2,1-3H3,(H,28,31). The van der Waals surface area contributed by atoms with Gasteiger partial charge in [-0.2, -0.15) is 0 Å². The van der Waals surface area contributed by atoms with E-state index in [4.69, 9.17) is 4.98 Å². The second-order valence-electron chi connectivity index (χ2n) is 9.87. The molecular weight excluding hydrogens is 384 g/mol. The van der Waals surface area contributed by atoms with Crippen molar-refractivity contribution in [2.45, 2.75) is 38.0 Å². The summed E-state index contributed by atoms with van der Waals surface area (Å²) < 4.78 is 0. The summed E-state index contributed by atoms with van der Waals surface area (Å²) in [5.74, 6) is 0.594. The number of hydrogen-bond donors (Lipinski definition) is 2. The molecule has 1 amide bonds. The predicted molar refractivity (Wildman–Crippen MR) is 122 cm³/mol. The Morgan fingerprint density at radius 3 is 2.61 bits per heavy atom. The fourth-order valence-corrected chi connectivity index (χ4v) is 5.72. The molecule has 1 aromatic carbocycles. The molecule has 0 saturated carbocycles. The number of hydrogen-bond acceptors (Lipinski definition) is 3. The van der Waals surface area contributed by atoms with E-state index in [9.17, 15) is 4.79 Å². The van der Waals surface area contributed by atoms with Gasteiger partial charge in [0, 0.05) is 42.7 Å². The molecule has 2 aromatic heterocycles. The van der Waals surface area contributed by atoms with Crippen LogP contribution >= 0.6 is 0 Å². The number of fused-ring (bicyclic) bond motifs is 6. The number of likely N-dealkylation sites (tertiary alicyclic amines) is 1. The van der Waals surface area contributed by atoms with Crippen LogP contribution in [0, 0.1) is 0 Å². The molecule has 1 spiro atoms. The van der Waals surface area contributed by atoms with E-state index < -0.39 is 0 Å². The maximum atomic E-state index is 12.9. The van der Waals surface area contributed by atoms with Gasteiger partial charge in [-0.05, 0) is 48.6 Å². The molecule has 0 radical (unpaired) electrons. The van der Waals surface area contributed by atoms with Crippen LogP contribution in [0.1, 0.15) is 52.5 Å². The zero-order valence-electron chi connectivity index (χ0n) is 18.4. The van der Waals surface area contributed by atoms with Gasteiger partial charge in [-0.3, -0.25) is 9.78 Å². The SMILES string of the molecule is CC(C)c1ccc(-c2cc3c(cn2)CCc2c-3[nH]c3c2C(=O)NCC32CN(C)C2)cc1. The molecule has 2 N–H and O–H groups in total. The highest BCUT2D eigenvalue weighted by atomic mass is 16.1. The van der Waals surface area contributed by atoms with Crippen LogP contribution < -0.4 is 5.32 Å². The number of aryl methyl sites for hydroxylation is 1. The van der Waals surface area contributed by atoms with E-state index in [0.29, 0.717) is 5.92 Å². The van der Waals surface area contributed by atoms with Gasteiger partial charge in [0.05, 0.1) is 22.4 Å². The average Bonchev–Trinajstić information content (AvgIpc) is 3.16. The summed E-state index contributed by atoms with van der Waals surface area (Å²) in [7, 11) is 2.14. The highest BCUT2D eigenvalue weighted by molar-refractivity contribution is 6.01. The van der Waals surface area contributed by atoms with E-state index in [2.05, 4.69) is 66.4 Å². The third kappa shape index (κ3) is 2.72. The Balaban J connectivity index is 1.46. The number of rotatable bonds is 2. The molecule has 5 heteroatoms. The second-order valence-corrected chi connectivity index (χ2v) is 9.87. The predicted octanol–water partition coefficient (Wildman–Crippen LogP) is 3.89. The summed E-state index contributed by atoms with van der Waals surface area (Å²) in [5.41, 5.74) is 10.3. The first-order valence-corrected chi connectivity index (χ1v) is 11.3. The van der Waals surface area contributed by atoms with E-state index in [1.165, 1.54) is 22.3 Å². The van der Waals surface area contributed by atoms with Crippen LogP contribution in [0.5, 0.6) is 0 Å². The van der Waals surface area contributed by atoms with E-state index in [-0.39, 0.29) is 11.3 Å². The van der Waals surface area contributed by atoms with Gasteiger partial charge in [0.2, 0.25) is 0 Å².